The molecule has 4 heteroatoms. The second kappa shape index (κ2) is 7.09. The summed E-state index contributed by atoms with van der Waals surface area (Å²) in [5.74, 6) is 1.80. The van der Waals surface area contributed by atoms with Crippen molar-refractivity contribution in [2.45, 2.75) is 18.9 Å². The van der Waals surface area contributed by atoms with Crippen molar-refractivity contribution in [2.24, 2.45) is 0 Å². The number of hydrogen-bond donors (Lipinski definition) is 1. The van der Waals surface area contributed by atoms with E-state index in [2.05, 4.69) is 23.3 Å². The van der Waals surface area contributed by atoms with Crippen molar-refractivity contribution in [3.05, 3.63) is 53.9 Å². The van der Waals surface area contributed by atoms with Gasteiger partial charge in [-0.3, -0.25) is 4.98 Å². The molecule has 0 aliphatic carbocycles. The molecule has 2 aromatic rings. The second-order valence-electron chi connectivity index (χ2n) is 4.92. The summed E-state index contributed by atoms with van der Waals surface area (Å²) in [5, 5.41) is 3.39. The van der Waals surface area contributed by atoms with E-state index in [0.717, 1.165) is 17.1 Å². The van der Waals surface area contributed by atoms with Gasteiger partial charge in [0.15, 0.2) is 11.5 Å². The van der Waals surface area contributed by atoms with Crippen LogP contribution < -0.4 is 14.8 Å². The minimum absolute atomic E-state index is 0.123. The molecule has 1 heterocycles. The van der Waals surface area contributed by atoms with Crippen LogP contribution in [0.3, 0.4) is 0 Å². The third kappa shape index (κ3) is 3.16. The fourth-order valence-corrected chi connectivity index (χ4v) is 2.69. The van der Waals surface area contributed by atoms with Gasteiger partial charge in [0, 0.05) is 29.9 Å². The minimum atomic E-state index is 0.123. The summed E-state index contributed by atoms with van der Waals surface area (Å²) in [6.45, 7) is 2.19. The first-order valence-electron chi connectivity index (χ1n) is 7.01. The lowest BCUT2D eigenvalue weighted by Crippen LogP contribution is -2.23. The number of benzene rings is 1. The van der Waals surface area contributed by atoms with Gasteiger partial charge in [-0.05, 0) is 30.8 Å². The number of pyridine rings is 1. The van der Waals surface area contributed by atoms with Crippen LogP contribution in [-0.4, -0.2) is 26.3 Å². The van der Waals surface area contributed by atoms with Crippen LogP contribution in [0.1, 0.15) is 30.0 Å². The number of para-hydroxylation sites is 1. The molecule has 0 fully saturated rings. The third-order valence-electron chi connectivity index (χ3n) is 3.81. The van der Waals surface area contributed by atoms with E-state index in [0.29, 0.717) is 0 Å². The van der Waals surface area contributed by atoms with Crippen LogP contribution in [0.4, 0.5) is 0 Å². The highest BCUT2D eigenvalue weighted by molar-refractivity contribution is 5.49. The summed E-state index contributed by atoms with van der Waals surface area (Å²) in [4.78, 5) is 4.08. The van der Waals surface area contributed by atoms with Gasteiger partial charge >= 0.3 is 0 Å². The molecule has 4 nitrogen and oxygen atoms in total. The number of nitrogens with one attached hydrogen (secondary N) is 1. The highest BCUT2D eigenvalue weighted by Gasteiger charge is 2.24. The Kier molecular flexibility index (Phi) is 5.17. The lowest BCUT2D eigenvalue weighted by molar-refractivity contribution is 0.344. The zero-order valence-corrected chi connectivity index (χ0v) is 13.0. The maximum atomic E-state index is 5.56. The summed E-state index contributed by atoms with van der Waals surface area (Å²) in [5.41, 5.74) is 2.32. The molecule has 1 aromatic heterocycles. The smallest absolute Gasteiger partial charge is 0.165 e. The predicted octanol–water partition coefficient (Wildman–Crippen LogP) is 3.16. The molecule has 1 aromatic carbocycles. The molecule has 2 atom stereocenters. The molecular formula is C17H22N2O2. The molecule has 1 N–H and O–H groups in total. The van der Waals surface area contributed by atoms with Crippen LogP contribution in [0.5, 0.6) is 11.5 Å². The van der Waals surface area contributed by atoms with Gasteiger partial charge in [-0.15, -0.1) is 0 Å². The van der Waals surface area contributed by atoms with Crippen LogP contribution in [-0.2, 0) is 0 Å². The fourth-order valence-electron chi connectivity index (χ4n) is 2.69. The molecule has 0 aliphatic rings. The molecule has 2 rings (SSSR count). The van der Waals surface area contributed by atoms with Crippen LogP contribution in [0.15, 0.2) is 42.7 Å². The number of ether oxygens (including phenoxy) is 2. The van der Waals surface area contributed by atoms with E-state index in [-0.39, 0.29) is 12.0 Å². The van der Waals surface area contributed by atoms with Crippen molar-refractivity contribution in [1.82, 2.24) is 10.3 Å². The van der Waals surface area contributed by atoms with Gasteiger partial charge in [0.1, 0.15) is 0 Å². The van der Waals surface area contributed by atoms with Gasteiger partial charge in [0.05, 0.1) is 14.2 Å². The SMILES string of the molecule is CNC(c1cccc(OC)c1OC)C(C)c1ccncc1. The van der Waals surface area contributed by atoms with E-state index in [1.54, 1.807) is 14.2 Å². The average Bonchev–Trinajstić information content (AvgIpc) is 2.55. The van der Waals surface area contributed by atoms with E-state index in [9.17, 15) is 0 Å². The van der Waals surface area contributed by atoms with Crippen molar-refractivity contribution in [1.29, 1.82) is 0 Å². The van der Waals surface area contributed by atoms with Crippen molar-refractivity contribution in [3.8, 4) is 11.5 Å². The maximum Gasteiger partial charge on any atom is 0.165 e. The van der Waals surface area contributed by atoms with Gasteiger partial charge in [-0.1, -0.05) is 19.1 Å². The van der Waals surface area contributed by atoms with Gasteiger partial charge < -0.3 is 14.8 Å². The first-order chi connectivity index (χ1) is 10.2. The Morgan fingerprint density at radius 2 is 1.76 bits per heavy atom. The summed E-state index contributed by atoms with van der Waals surface area (Å²) < 4.78 is 11.0. The molecule has 21 heavy (non-hydrogen) atoms. The van der Waals surface area contributed by atoms with Gasteiger partial charge in [0.2, 0.25) is 0 Å². The average molecular weight is 286 g/mol. The number of hydrogen-bond acceptors (Lipinski definition) is 4. The molecule has 0 radical (unpaired) electrons. The van der Waals surface area contributed by atoms with Crippen molar-refractivity contribution in [2.75, 3.05) is 21.3 Å². The Hall–Kier alpha value is -2.07. The number of likely N-dealkylation sites (N-methyl/N-ethyl adjacent to an activating group) is 1. The molecule has 0 spiro atoms. The van der Waals surface area contributed by atoms with E-state index in [1.165, 1.54) is 5.56 Å². The Labute approximate surface area is 126 Å². The molecule has 0 saturated carbocycles. The molecule has 112 valence electrons. The van der Waals surface area contributed by atoms with Crippen LogP contribution >= 0.6 is 0 Å². The Balaban J connectivity index is 2.42. The van der Waals surface area contributed by atoms with E-state index < -0.39 is 0 Å². The molecule has 0 aliphatic heterocycles. The Morgan fingerprint density at radius 3 is 2.33 bits per heavy atom. The fraction of sp³-hybridized carbons (Fsp3) is 0.353. The van der Waals surface area contributed by atoms with E-state index in [4.69, 9.17) is 9.47 Å². The zero-order valence-electron chi connectivity index (χ0n) is 13.0. The predicted molar refractivity (Wildman–Crippen MR) is 84.0 cm³/mol. The minimum Gasteiger partial charge on any atom is -0.493 e. The van der Waals surface area contributed by atoms with Gasteiger partial charge in [-0.25, -0.2) is 0 Å². The van der Waals surface area contributed by atoms with Gasteiger partial charge in [-0.2, -0.15) is 0 Å². The standard InChI is InChI=1S/C17H22N2O2/c1-12(13-8-10-19-11-9-13)16(18-2)14-6-5-7-15(20-3)17(14)21-4/h5-12,16,18H,1-4H3. The quantitative estimate of drug-likeness (QED) is 0.886. The highest BCUT2D eigenvalue weighted by atomic mass is 16.5. The number of methoxy groups -OCH3 is 2. The Bertz CT molecular complexity index is 572. The number of nitrogens with zero attached hydrogens (tertiary/aromatic N) is 1. The monoisotopic (exact) mass is 286 g/mol. The van der Waals surface area contributed by atoms with Crippen LogP contribution in [0.2, 0.25) is 0 Å². The molecule has 0 bridgehead atoms. The molecular weight excluding hydrogens is 264 g/mol. The Morgan fingerprint density at radius 1 is 1.05 bits per heavy atom. The highest BCUT2D eigenvalue weighted by Crippen LogP contribution is 2.39. The van der Waals surface area contributed by atoms with Crippen molar-refractivity contribution < 1.29 is 9.47 Å². The lowest BCUT2D eigenvalue weighted by Gasteiger charge is -2.26. The first-order valence-corrected chi connectivity index (χ1v) is 7.01. The second-order valence-corrected chi connectivity index (χ2v) is 4.92. The lowest BCUT2D eigenvalue weighted by atomic mass is 9.88. The van der Waals surface area contributed by atoms with Crippen LogP contribution in [0, 0.1) is 0 Å². The first kappa shape index (κ1) is 15.3. The van der Waals surface area contributed by atoms with Crippen LogP contribution in [0.25, 0.3) is 0 Å². The van der Waals surface area contributed by atoms with Crippen molar-refractivity contribution in [3.63, 3.8) is 0 Å². The van der Waals surface area contributed by atoms with E-state index >= 15 is 0 Å². The zero-order chi connectivity index (χ0) is 15.2. The number of aromatic nitrogens is 1. The third-order valence-corrected chi connectivity index (χ3v) is 3.81. The summed E-state index contributed by atoms with van der Waals surface area (Å²) in [6.07, 6.45) is 3.64. The summed E-state index contributed by atoms with van der Waals surface area (Å²) in [7, 11) is 5.29. The normalized spacial score (nSPS) is 13.5. The van der Waals surface area contributed by atoms with Gasteiger partial charge in [0.25, 0.3) is 0 Å². The topological polar surface area (TPSA) is 43.4 Å². The maximum absolute atomic E-state index is 5.56. The molecule has 2 unspecified atom stereocenters. The summed E-state index contributed by atoms with van der Waals surface area (Å²) in [6, 6.07) is 10.2. The van der Waals surface area contributed by atoms with E-state index in [1.807, 2.05) is 43.7 Å². The molecule has 0 saturated heterocycles. The number of rotatable bonds is 6. The molecule has 0 amide bonds. The largest absolute Gasteiger partial charge is 0.493 e. The summed E-state index contributed by atoms with van der Waals surface area (Å²) >= 11 is 0. The van der Waals surface area contributed by atoms with Crippen molar-refractivity contribution >= 4 is 0 Å².